The number of anilines is 2. The van der Waals surface area contributed by atoms with Crippen LogP contribution in [0.4, 0.5) is 11.4 Å². The Kier molecular flexibility index (Phi) is 4.39. The fourth-order valence-electron chi connectivity index (χ4n) is 2.87. The van der Waals surface area contributed by atoms with E-state index in [4.69, 9.17) is 14.2 Å². The van der Waals surface area contributed by atoms with E-state index in [-0.39, 0.29) is 5.91 Å². The molecule has 130 valence electrons. The largest absolute Gasteiger partial charge is 0.486 e. The van der Waals surface area contributed by atoms with E-state index in [1.54, 1.807) is 30.6 Å². The van der Waals surface area contributed by atoms with Crippen LogP contribution in [0.1, 0.15) is 10.4 Å². The van der Waals surface area contributed by atoms with E-state index in [2.05, 4.69) is 15.2 Å². The number of aromatic nitrogens is 1. The molecule has 2 aliphatic heterocycles. The minimum absolute atomic E-state index is 0.209. The van der Waals surface area contributed by atoms with Crippen LogP contribution in [0.15, 0.2) is 36.7 Å². The lowest BCUT2D eigenvalue weighted by molar-refractivity contribution is 0.102. The molecular weight excluding hydrogens is 322 g/mol. The first-order valence-electron chi connectivity index (χ1n) is 8.28. The normalized spacial score (nSPS) is 16.4. The van der Waals surface area contributed by atoms with Gasteiger partial charge in [-0.05, 0) is 18.2 Å². The number of ether oxygens (including phenoxy) is 3. The van der Waals surface area contributed by atoms with E-state index in [1.165, 1.54) is 0 Å². The Morgan fingerprint density at radius 2 is 1.80 bits per heavy atom. The molecule has 1 amide bonds. The van der Waals surface area contributed by atoms with Crippen molar-refractivity contribution in [2.24, 2.45) is 0 Å². The van der Waals surface area contributed by atoms with E-state index in [0.717, 1.165) is 18.8 Å². The molecule has 1 aromatic carbocycles. The zero-order chi connectivity index (χ0) is 17.1. The predicted molar refractivity (Wildman–Crippen MR) is 92.7 cm³/mol. The summed E-state index contributed by atoms with van der Waals surface area (Å²) in [4.78, 5) is 18.9. The molecule has 0 radical (unpaired) electrons. The van der Waals surface area contributed by atoms with Crippen LogP contribution in [0.3, 0.4) is 0 Å². The smallest absolute Gasteiger partial charge is 0.257 e. The van der Waals surface area contributed by atoms with Gasteiger partial charge in [0.15, 0.2) is 11.5 Å². The molecule has 0 atom stereocenters. The number of nitrogens with one attached hydrogen (secondary N) is 1. The molecule has 0 bridgehead atoms. The molecule has 0 spiro atoms. The summed E-state index contributed by atoms with van der Waals surface area (Å²) in [6.45, 7) is 4.03. The Balaban J connectivity index is 1.49. The maximum absolute atomic E-state index is 12.6. The van der Waals surface area contributed by atoms with E-state index >= 15 is 0 Å². The highest BCUT2D eigenvalue weighted by Gasteiger charge is 2.16. The summed E-state index contributed by atoms with van der Waals surface area (Å²) in [6, 6.07) is 7.22. The van der Waals surface area contributed by atoms with Gasteiger partial charge in [-0.15, -0.1) is 0 Å². The Labute approximate surface area is 145 Å². The van der Waals surface area contributed by atoms with Gasteiger partial charge >= 0.3 is 0 Å². The van der Waals surface area contributed by atoms with E-state index in [9.17, 15) is 4.79 Å². The van der Waals surface area contributed by atoms with Gasteiger partial charge in [0, 0.05) is 31.0 Å². The first-order chi connectivity index (χ1) is 12.3. The highest BCUT2D eigenvalue weighted by Crippen LogP contribution is 2.32. The first kappa shape index (κ1) is 15.7. The number of benzene rings is 1. The summed E-state index contributed by atoms with van der Waals surface area (Å²) in [5, 5.41) is 2.88. The third-order valence-electron chi connectivity index (χ3n) is 4.16. The Bertz CT molecular complexity index is 775. The molecule has 7 heteroatoms. The highest BCUT2D eigenvalue weighted by molar-refractivity contribution is 6.04. The lowest BCUT2D eigenvalue weighted by atomic mass is 10.2. The molecule has 1 aromatic heterocycles. The number of amides is 1. The minimum atomic E-state index is -0.209. The topological polar surface area (TPSA) is 72.9 Å². The molecular formula is C18H19N3O4. The maximum atomic E-state index is 12.6. The number of rotatable bonds is 3. The van der Waals surface area contributed by atoms with Gasteiger partial charge in [0.25, 0.3) is 5.91 Å². The van der Waals surface area contributed by atoms with Crippen molar-refractivity contribution in [1.29, 1.82) is 0 Å². The zero-order valence-electron chi connectivity index (χ0n) is 13.7. The quantitative estimate of drug-likeness (QED) is 0.920. The number of nitrogens with zero attached hydrogens (tertiary/aromatic N) is 2. The fourth-order valence-corrected chi connectivity index (χ4v) is 2.87. The van der Waals surface area contributed by atoms with Crippen LogP contribution in [0.2, 0.25) is 0 Å². The van der Waals surface area contributed by atoms with Crippen LogP contribution in [0.5, 0.6) is 11.5 Å². The SMILES string of the molecule is O=C(Nc1ccc2c(c1)OCCO2)c1cncc(N2CCOCC2)c1. The Morgan fingerprint density at radius 3 is 2.64 bits per heavy atom. The van der Waals surface area contributed by atoms with Gasteiger partial charge in [0.2, 0.25) is 0 Å². The molecule has 1 fully saturated rings. The second kappa shape index (κ2) is 6.98. The van der Waals surface area contributed by atoms with E-state index in [0.29, 0.717) is 49.2 Å². The molecule has 1 saturated heterocycles. The average molecular weight is 341 g/mol. The van der Waals surface area contributed by atoms with Crippen molar-refractivity contribution in [2.45, 2.75) is 0 Å². The standard InChI is InChI=1S/C18H19N3O4/c22-18(20-14-1-2-16-17(10-14)25-8-7-24-16)13-9-15(12-19-11-13)21-3-5-23-6-4-21/h1-2,9-12H,3-8H2,(H,20,22). The van der Waals surface area contributed by atoms with Gasteiger partial charge in [-0.3, -0.25) is 9.78 Å². The molecule has 0 unspecified atom stereocenters. The summed E-state index contributed by atoms with van der Waals surface area (Å²) in [7, 11) is 0. The number of hydrogen-bond donors (Lipinski definition) is 1. The summed E-state index contributed by atoms with van der Waals surface area (Å²) >= 11 is 0. The van der Waals surface area contributed by atoms with Crippen LogP contribution in [0, 0.1) is 0 Å². The molecule has 0 aliphatic carbocycles. The van der Waals surface area contributed by atoms with E-state index < -0.39 is 0 Å². The predicted octanol–water partition coefficient (Wildman–Crippen LogP) is 1.94. The molecule has 25 heavy (non-hydrogen) atoms. The number of pyridine rings is 1. The Hall–Kier alpha value is -2.80. The molecule has 7 nitrogen and oxygen atoms in total. The lowest BCUT2D eigenvalue weighted by Gasteiger charge is -2.28. The number of morpholine rings is 1. The summed E-state index contributed by atoms with van der Waals surface area (Å²) < 4.78 is 16.4. The number of fused-ring (bicyclic) bond motifs is 1. The Morgan fingerprint density at radius 1 is 1.00 bits per heavy atom. The molecule has 4 rings (SSSR count). The van der Waals surface area contributed by atoms with Gasteiger partial charge in [0.05, 0.1) is 30.7 Å². The van der Waals surface area contributed by atoms with Crippen molar-refractivity contribution < 1.29 is 19.0 Å². The second-order valence-electron chi connectivity index (χ2n) is 5.84. The molecule has 1 N–H and O–H groups in total. The van der Waals surface area contributed by atoms with Crippen molar-refractivity contribution >= 4 is 17.3 Å². The van der Waals surface area contributed by atoms with Crippen molar-refractivity contribution in [1.82, 2.24) is 4.98 Å². The van der Waals surface area contributed by atoms with Gasteiger partial charge < -0.3 is 24.4 Å². The summed E-state index contributed by atoms with van der Waals surface area (Å²) in [5.41, 5.74) is 2.10. The van der Waals surface area contributed by atoms with E-state index in [1.807, 2.05) is 6.07 Å². The second-order valence-corrected chi connectivity index (χ2v) is 5.84. The van der Waals surface area contributed by atoms with Crippen LogP contribution in [-0.4, -0.2) is 50.4 Å². The van der Waals surface area contributed by atoms with Crippen LogP contribution >= 0.6 is 0 Å². The van der Waals surface area contributed by atoms with Crippen molar-refractivity contribution in [3.05, 3.63) is 42.2 Å². The van der Waals surface area contributed by atoms with Crippen molar-refractivity contribution in [3.8, 4) is 11.5 Å². The maximum Gasteiger partial charge on any atom is 0.257 e. The van der Waals surface area contributed by atoms with Crippen molar-refractivity contribution in [3.63, 3.8) is 0 Å². The molecule has 0 saturated carbocycles. The number of carbonyl (C=O) groups is 1. The summed E-state index contributed by atoms with van der Waals surface area (Å²) in [5.74, 6) is 1.13. The number of carbonyl (C=O) groups excluding carboxylic acids is 1. The number of hydrogen-bond acceptors (Lipinski definition) is 6. The average Bonchev–Trinajstić information content (AvgIpc) is 2.69. The minimum Gasteiger partial charge on any atom is -0.486 e. The van der Waals surface area contributed by atoms with Gasteiger partial charge in [-0.1, -0.05) is 0 Å². The highest BCUT2D eigenvalue weighted by atomic mass is 16.6. The van der Waals surface area contributed by atoms with Crippen molar-refractivity contribution in [2.75, 3.05) is 49.7 Å². The van der Waals surface area contributed by atoms with Crippen LogP contribution in [0.25, 0.3) is 0 Å². The molecule has 2 aromatic rings. The third kappa shape index (κ3) is 3.51. The molecule has 3 heterocycles. The lowest BCUT2D eigenvalue weighted by Crippen LogP contribution is -2.36. The first-order valence-corrected chi connectivity index (χ1v) is 8.28. The summed E-state index contributed by atoms with van der Waals surface area (Å²) in [6.07, 6.45) is 3.34. The van der Waals surface area contributed by atoms with Crippen LogP contribution in [-0.2, 0) is 4.74 Å². The van der Waals surface area contributed by atoms with Crippen LogP contribution < -0.4 is 19.7 Å². The zero-order valence-corrected chi connectivity index (χ0v) is 13.7. The fraction of sp³-hybridized carbons (Fsp3) is 0.333. The third-order valence-corrected chi connectivity index (χ3v) is 4.16. The van der Waals surface area contributed by atoms with Gasteiger partial charge in [0.1, 0.15) is 13.2 Å². The van der Waals surface area contributed by atoms with Gasteiger partial charge in [-0.25, -0.2) is 0 Å². The molecule has 2 aliphatic rings. The monoisotopic (exact) mass is 341 g/mol. The van der Waals surface area contributed by atoms with Gasteiger partial charge in [-0.2, -0.15) is 0 Å².